The van der Waals surface area contributed by atoms with E-state index in [-0.39, 0.29) is 12.1 Å². The van der Waals surface area contributed by atoms with Crippen molar-refractivity contribution in [3.05, 3.63) is 0 Å². The molecule has 0 aromatic carbocycles. The topological polar surface area (TPSA) is 49.5 Å². The zero-order valence-electron chi connectivity index (χ0n) is 12.5. The Morgan fingerprint density at radius 1 is 1.22 bits per heavy atom. The van der Waals surface area contributed by atoms with Crippen molar-refractivity contribution >= 4 is 0 Å². The number of hydrogen-bond donors (Lipinski definition) is 2. The molecule has 0 radical (unpaired) electrons. The lowest BCUT2D eigenvalue weighted by molar-refractivity contribution is 0.193. The lowest BCUT2D eigenvalue weighted by Gasteiger charge is -2.24. The Balaban J connectivity index is 2.16. The van der Waals surface area contributed by atoms with Crippen molar-refractivity contribution < 1.29 is 5.11 Å². The smallest absolute Gasteiger partial charge is 0.0608 e. The monoisotopic (exact) mass is 256 g/mol. The average molecular weight is 256 g/mol. The molecule has 0 aromatic heterocycles. The Morgan fingerprint density at radius 3 is 2.61 bits per heavy atom. The molecule has 0 spiro atoms. The molecule has 0 aromatic rings. The van der Waals surface area contributed by atoms with Crippen molar-refractivity contribution in [1.82, 2.24) is 4.90 Å². The molecule has 1 saturated heterocycles. The molecular weight excluding hydrogens is 224 g/mol. The van der Waals surface area contributed by atoms with Gasteiger partial charge in [-0.15, -0.1) is 0 Å². The van der Waals surface area contributed by atoms with Gasteiger partial charge in [-0.05, 0) is 64.1 Å². The van der Waals surface area contributed by atoms with Crippen LogP contribution >= 0.6 is 0 Å². The first-order valence-electron chi connectivity index (χ1n) is 7.47. The van der Waals surface area contributed by atoms with E-state index < -0.39 is 0 Å². The van der Waals surface area contributed by atoms with Gasteiger partial charge in [0.25, 0.3) is 0 Å². The fourth-order valence-electron chi connectivity index (χ4n) is 2.65. The molecule has 108 valence electrons. The van der Waals surface area contributed by atoms with E-state index in [1.807, 2.05) is 6.92 Å². The van der Waals surface area contributed by atoms with Gasteiger partial charge >= 0.3 is 0 Å². The number of likely N-dealkylation sites (tertiary alicyclic amines) is 1. The van der Waals surface area contributed by atoms with Gasteiger partial charge in [0.05, 0.1) is 6.61 Å². The number of nitrogens with two attached hydrogens (primary N) is 1. The molecule has 0 aliphatic carbocycles. The van der Waals surface area contributed by atoms with Crippen molar-refractivity contribution in [3.63, 3.8) is 0 Å². The molecule has 1 fully saturated rings. The summed E-state index contributed by atoms with van der Waals surface area (Å²) in [4.78, 5) is 2.60. The Hall–Kier alpha value is -0.120. The molecular formula is C15H32N2O. The highest BCUT2D eigenvalue weighted by atomic mass is 16.3. The van der Waals surface area contributed by atoms with Crippen LogP contribution in [0.4, 0.5) is 0 Å². The molecule has 0 amide bonds. The second-order valence-corrected chi connectivity index (χ2v) is 7.13. The largest absolute Gasteiger partial charge is 0.394 e. The average Bonchev–Trinajstić information content (AvgIpc) is 2.46. The predicted octanol–water partition coefficient (Wildman–Crippen LogP) is 2.38. The minimum Gasteiger partial charge on any atom is -0.394 e. The van der Waals surface area contributed by atoms with Crippen LogP contribution in [0.25, 0.3) is 0 Å². The lowest BCUT2D eigenvalue weighted by atomic mass is 9.85. The van der Waals surface area contributed by atoms with Crippen LogP contribution in [-0.4, -0.2) is 41.8 Å². The summed E-state index contributed by atoms with van der Waals surface area (Å²) in [5.41, 5.74) is 6.07. The van der Waals surface area contributed by atoms with Crippen molar-refractivity contribution in [2.45, 2.75) is 64.8 Å². The molecule has 1 heterocycles. The second-order valence-electron chi connectivity index (χ2n) is 7.13. The number of rotatable bonds is 6. The van der Waals surface area contributed by atoms with E-state index in [0.717, 1.165) is 12.8 Å². The lowest BCUT2D eigenvalue weighted by Crippen LogP contribution is -2.40. The third-order valence-electron chi connectivity index (χ3n) is 4.27. The molecule has 3 heteroatoms. The van der Waals surface area contributed by atoms with Crippen LogP contribution in [0.2, 0.25) is 0 Å². The zero-order chi connectivity index (χ0) is 13.6. The standard InChI is InChI=1S/C15H32N2O/c1-14(2)7-6-11-17(12-9-14)10-5-4-8-15(3,16)13-18/h18H,4-13,16H2,1-3H3. The van der Waals surface area contributed by atoms with E-state index >= 15 is 0 Å². The molecule has 0 bridgehead atoms. The van der Waals surface area contributed by atoms with Crippen LogP contribution in [0.1, 0.15) is 59.3 Å². The maximum absolute atomic E-state index is 9.10. The Kier molecular flexibility index (Phi) is 6.09. The van der Waals surface area contributed by atoms with Crippen LogP contribution in [-0.2, 0) is 0 Å². The highest BCUT2D eigenvalue weighted by Crippen LogP contribution is 2.29. The molecule has 1 unspecified atom stereocenters. The van der Waals surface area contributed by atoms with Crippen molar-refractivity contribution in [2.24, 2.45) is 11.1 Å². The summed E-state index contributed by atoms with van der Waals surface area (Å²) in [6.45, 7) is 10.5. The van der Waals surface area contributed by atoms with Gasteiger partial charge < -0.3 is 15.7 Å². The third-order valence-corrected chi connectivity index (χ3v) is 4.27. The normalized spacial score (nSPS) is 24.5. The number of unbranched alkanes of at least 4 members (excludes halogenated alkanes) is 1. The Morgan fingerprint density at radius 2 is 1.94 bits per heavy atom. The number of aliphatic hydroxyl groups excluding tert-OH is 1. The highest BCUT2D eigenvalue weighted by Gasteiger charge is 2.22. The number of nitrogens with zero attached hydrogens (tertiary/aromatic N) is 1. The zero-order valence-corrected chi connectivity index (χ0v) is 12.5. The van der Waals surface area contributed by atoms with Crippen molar-refractivity contribution in [2.75, 3.05) is 26.2 Å². The van der Waals surface area contributed by atoms with Crippen LogP contribution in [0, 0.1) is 5.41 Å². The van der Waals surface area contributed by atoms with Gasteiger partial charge in [0.15, 0.2) is 0 Å². The van der Waals surface area contributed by atoms with Gasteiger partial charge in [-0.1, -0.05) is 20.3 Å². The van der Waals surface area contributed by atoms with Gasteiger partial charge in [-0.25, -0.2) is 0 Å². The first-order chi connectivity index (χ1) is 8.35. The summed E-state index contributed by atoms with van der Waals surface area (Å²) < 4.78 is 0. The molecule has 1 rings (SSSR count). The number of hydrogen-bond acceptors (Lipinski definition) is 3. The van der Waals surface area contributed by atoms with E-state index in [1.54, 1.807) is 0 Å². The molecule has 18 heavy (non-hydrogen) atoms. The van der Waals surface area contributed by atoms with Gasteiger partial charge in [-0.3, -0.25) is 0 Å². The molecule has 3 N–H and O–H groups in total. The van der Waals surface area contributed by atoms with Gasteiger partial charge in [0, 0.05) is 5.54 Å². The Labute approximate surface area is 113 Å². The summed E-state index contributed by atoms with van der Waals surface area (Å²) >= 11 is 0. The van der Waals surface area contributed by atoms with Crippen molar-refractivity contribution in [3.8, 4) is 0 Å². The molecule has 3 nitrogen and oxygen atoms in total. The molecule has 0 saturated carbocycles. The van der Waals surface area contributed by atoms with E-state index in [1.165, 1.54) is 45.3 Å². The van der Waals surface area contributed by atoms with Crippen LogP contribution in [0.15, 0.2) is 0 Å². The first kappa shape index (κ1) is 15.9. The van der Waals surface area contributed by atoms with Crippen LogP contribution in [0.5, 0.6) is 0 Å². The first-order valence-corrected chi connectivity index (χ1v) is 7.47. The van der Waals surface area contributed by atoms with E-state index in [4.69, 9.17) is 10.8 Å². The van der Waals surface area contributed by atoms with Crippen LogP contribution in [0.3, 0.4) is 0 Å². The van der Waals surface area contributed by atoms with E-state index in [9.17, 15) is 0 Å². The summed E-state index contributed by atoms with van der Waals surface area (Å²) in [5.74, 6) is 0. The SMILES string of the molecule is CC1(C)CCCN(CCCCC(C)(N)CO)CC1. The molecule has 1 aliphatic heterocycles. The van der Waals surface area contributed by atoms with Gasteiger partial charge in [-0.2, -0.15) is 0 Å². The minimum atomic E-state index is -0.388. The quantitative estimate of drug-likeness (QED) is 0.717. The fraction of sp³-hybridized carbons (Fsp3) is 1.00. The maximum Gasteiger partial charge on any atom is 0.0608 e. The molecule has 1 atom stereocenters. The predicted molar refractivity (Wildman–Crippen MR) is 77.6 cm³/mol. The van der Waals surface area contributed by atoms with Crippen molar-refractivity contribution in [1.29, 1.82) is 0 Å². The molecule has 1 aliphatic rings. The second kappa shape index (κ2) is 6.88. The third kappa shape index (κ3) is 6.17. The summed E-state index contributed by atoms with van der Waals surface area (Å²) in [7, 11) is 0. The van der Waals surface area contributed by atoms with E-state index in [2.05, 4.69) is 18.7 Å². The number of aliphatic hydroxyl groups is 1. The Bertz CT molecular complexity index is 239. The van der Waals surface area contributed by atoms with Crippen LogP contribution < -0.4 is 5.73 Å². The maximum atomic E-state index is 9.10. The summed E-state index contributed by atoms with van der Waals surface area (Å²) in [6.07, 6.45) is 7.24. The minimum absolute atomic E-state index is 0.0882. The highest BCUT2D eigenvalue weighted by molar-refractivity contribution is 4.78. The fourth-order valence-corrected chi connectivity index (χ4v) is 2.65. The van der Waals surface area contributed by atoms with Gasteiger partial charge in [0.2, 0.25) is 0 Å². The summed E-state index contributed by atoms with van der Waals surface area (Å²) in [5, 5.41) is 9.10. The van der Waals surface area contributed by atoms with Gasteiger partial charge in [0.1, 0.15) is 0 Å². The summed E-state index contributed by atoms with van der Waals surface area (Å²) in [6, 6.07) is 0. The van der Waals surface area contributed by atoms with E-state index in [0.29, 0.717) is 5.41 Å².